The van der Waals surface area contributed by atoms with Gasteiger partial charge in [-0.3, -0.25) is 4.79 Å². The molecule has 1 radical (unpaired) electrons. The summed E-state index contributed by atoms with van der Waals surface area (Å²) >= 11 is 0. The molecule has 0 atom stereocenters. The van der Waals surface area contributed by atoms with E-state index in [-0.39, 0.29) is 70.1 Å². The monoisotopic (exact) mass is 428 g/mol. The number of carbonyl (C=O) groups excluding carboxylic acids is 1. The van der Waals surface area contributed by atoms with Crippen molar-refractivity contribution in [3.05, 3.63) is 12.2 Å². The minimum atomic E-state index is -3.78. The minimum absolute atomic E-state index is 0. The van der Waals surface area contributed by atoms with E-state index in [1.54, 1.807) is 0 Å². The van der Waals surface area contributed by atoms with Gasteiger partial charge in [0.15, 0.2) is 0 Å². The Labute approximate surface area is 209 Å². The predicted octanol–water partition coefficient (Wildman–Crippen LogP) is 4.47. The first kappa shape index (κ1) is 30.0. The summed E-state index contributed by atoms with van der Waals surface area (Å²) in [7, 11) is -3.78. The Hall–Kier alpha value is 0.756. The van der Waals surface area contributed by atoms with Gasteiger partial charge in [-0.1, -0.05) is 70.4 Å². The van der Waals surface area contributed by atoms with E-state index in [0.717, 1.165) is 25.7 Å². The van der Waals surface area contributed by atoms with Gasteiger partial charge in [-0.15, -0.1) is 0 Å². The first-order valence-electron chi connectivity index (χ1n) is 10.3. The van der Waals surface area contributed by atoms with Gasteiger partial charge in [-0.25, -0.2) is 0 Å². The molecule has 0 rings (SSSR count). The molecule has 0 aliphatic rings. The molecule has 0 spiro atoms. The van der Waals surface area contributed by atoms with Gasteiger partial charge < -0.3 is 9.92 Å². The van der Waals surface area contributed by atoms with E-state index < -0.39 is 16.1 Å². The maximum absolute atomic E-state index is 11.4. The molecular formula is C20H39KNO4S. The van der Waals surface area contributed by atoms with Crippen LogP contribution in [0.1, 0.15) is 96.8 Å². The zero-order valence-electron chi connectivity index (χ0n) is 17.6. The molecule has 0 fully saturated rings. The van der Waals surface area contributed by atoms with Gasteiger partial charge in [-0.05, 0) is 32.1 Å². The van der Waals surface area contributed by atoms with Crippen LogP contribution in [0.25, 0.3) is 0 Å². The Morgan fingerprint density at radius 1 is 0.852 bits per heavy atom. The zero-order valence-corrected chi connectivity index (χ0v) is 21.5. The zero-order chi connectivity index (χ0) is 19.5. The summed E-state index contributed by atoms with van der Waals surface area (Å²) in [4.78, 5) is 11.4. The van der Waals surface area contributed by atoms with Crippen molar-refractivity contribution < 1.29 is 17.4 Å². The molecule has 0 aromatic carbocycles. The van der Waals surface area contributed by atoms with Crippen molar-refractivity contribution in [1.29, 1.82) is 0 Å². The average molecular weight is 429 g/mol. The Morgan fingerprint density at radius 3 is 1.85 bits per heavy atom. The van der Waals surface area contributed by atoms with Crippen molar-refractivity contribution in [2.24, 2.45) is 5.73 Å². The number of carbonyl (C=O) groups is 1. The van der Waals surface area contributed by atoms with E-state index in [9.17, 15) is 13.2 Å². The molecule has 7 heteroatoms. The van der Waals surface area contributed by atoms with E-state index in [0.29, 0.717) is 6.42 Å². The normalized spacial score (nSPS) is 11.5. The maximum atomic E-state index is 11.4. The smallest absolute Gasteiger partial charge is 0.322 e. The number of hydrogen-bond acceptors (Lipinski definition) is 5. The molecule has 0 unspecified atom stereocenters. The van der Waals surface area contributed by atoms with E-state index in [4.69, 9.17) is 5.73 Å². The van der Waals surface area contributed by atoms with Gasteiger partial charge in [0.2, 0.25) is 0 Å². The summed E-state index contributed by atoms with van der Waals surface area (Å²) in [6, 6.07) is 0. The summed E-state index contributed by atoms with van der Waals surface area (Å²) in [5, 5.41) is 0. The Kier molecular flexibility index (Phi) is 23.8. The number of nitrogens with two attached hydrogens (primary N) is 1. The van der Waals surface area contributed by atoms with Gasteiger partial charge in [0.25, 0.3) is 0 Å². The third-order valence-corrected chi connectivity index (χ3v) is 5.41. The number of rotatable bonds is 18. The summed E-state index contributed by atoms with van der Waals surface area (Å²) in [5.74, 6) is -0.985. The van der Waals surface area contributed by atoms with Crippen molar-refractivity contribution in [2.45, 2.75) is 96.8 Å². The van der Waals surface area contributed by atoms with Crippen LogP contribution >= 0.6 is 0 Å². The van der Waals surface area contributed by atoms with Crippen LogP contribution in [0.15, 0.2) is 12.2 Å². The number of hydrogen-bond donors (Lipinski definition) is 1. The fourth-order valence-electron chi connectivity index (χ4n) is 2.71. The molecule has 0 saturated carbocycles. The largest absolute Gasteiger partial charge is 0.346 e. The van der Waals surface area contributed by atoms with Crippen LogP contribution in [0.5, 0.6) is 0 Å². The van der Waals surface area contributed by atoms with Crippen LogP contribution in [0, 0.1) is 0 Å². The summed E-state index contributed by atoms with van der Waals surface area (Å²) < 4.78 is 27.0. The van der Waals surface area contributed by atoms with E-state index >= 15 is 0 Å². The third-order valence-electron chi connectivity index (χ3n) is 4.23. The van der Waals surface area contributed by atoms with Gasteiger partial charge in [0, 0.05) is 64.4 Å². The number of unbranched alkanes of at least 4 members (excludes halogenated alkanes) is 11. The first-order chi connectivity index (χ1) is 12.5. The van der Waals surface area contributed by atoms with Crippen LogP contribution in [0.3, 0.4) is 0 Å². The summed E-state index contributed by atoms with van der Waals surface area (Å²) in [6.07, 6.45) is 20.1. The molecule has 0 aromatic heterocycles. The van der Waals surface area contributed by atoms with E-state index in [1.807, 2.05) is 0 Å². The second-order valence-electron chi connectivity index (χ2n) is 6.84. The molecule has 0 heterocycles. The second-order valence-corrected chi connectivity index (χ2v) is 8.53. The van der Waals surface area contributed by atoms with Gasteiger partial charge in [0.1, 0.15) is 0 Å². The second kappa shape index (κ2) is 21.5. The third kappa shape index (κ3) is 22.9. The molecule has 0 bridgehead atoms. The predicted molar refractivity (Wildman–Crippen MR) is 114 cm³/mol. The van der Waals surface area contributed by atoms with Crippen LogP contribution in [-0.2, 0) is 19.1 Å². The molecule has 0 aromatic rings. The Balaban J connectivity index is 0. The molecule has 27 heavy (non-hydrogen) atoms. The Morgan fingerprint density at radius 2 is 1.33 bits per heavy atom. The van der Waals surface area contributed by atoms with Crippen LogP contribution in [0.2, 0.25) is 0 Å². The fourth-order valence-corrected chi connectivity index (χ4v) is 3.45. The van der Waals surface area contributed by atoms with E-state index in [2.05, 4.69) is 23.3 Å². The standard InChI is InChI=1S/C20H39NO4S.K/c1-2-3-4-5-6-7-8-9-10-11-12-13-14-15-16-17-20(22)25-26(23,24)19-18-21;/h9-10H,2-8,11-19,21H2,1H3;/b10-9-;. The topological polar surface area (TPSA) is 86.5 Å². The van der Waals surface area contributed by atoms with E-state index in [1.165, 1.54) is 51.4 Å². The maximum Gasteiger partial charge on any atom is 0.322 e. The summed E-state index contributed by atoms with van der Waals surface area (Å²) in [6.45, 7) is 2.21. The molecule has 0 amide bonds. The summed E-state index contributed by atoms with van der Waals surface area (Å²) in [5.41, 5.74) is 5.15. The van der Waals surface area contributed by atoms with Crippen molar-refractivity contribution >= 4 is 67.5 Å². The van der Waals surface area contributed by atoms with Crippen molar-refractivity contribution in [3.63, 3.8) is 0 Å². The molecule has 0 saturated heterocycles. The quantitative estimate of drug-likeness (QED) is 0.151. The minimum Gasteiger partial charge on any atom is -0.346 e. The molecule has 5 nitrogen and oxygen atoms in total. The Bertz CT molecular complexity index is 467. The molecule has 0 aliphatic carbocycles. The van der Waals surface area contributed by atoms with Crippen molar-refractivity contribution in [1.82, 2.24) is 0 Å². The number of allylic oxidation sites excluding steroid dienone is 2. The van der Waals surface area contributed by atoms with Gasteiger partial charge >= 0.3 is 16.1 Å². The fraction of sp³-hybridized carbons (Fsp3) is 0.850. The van der Waals surface area contributed by atoms with Gasteiger partial charge in [0.05, 0.1) is 5.75 Å². The first-order valence-corrected chi connectivity index (χ1v) is 11.9. The van der Waals surface area contributed by atoms with Crippen LogP contribution < -0.4 is 5.73 Å². The average Bonchev–Trinajstić information content (AvgIpc) is 2.57. The molecule has 2 N–H and O–H groups in total. The van der Waals surface area contributed by atoms with Crippen LogP contribution in [0.4, 0.5) is 0 Å². The molecule has 155 valence electrons. The van der Waals surface area contributed by atoms with Gasteiger partial charge in [-0.2, -0.15) is 8.42 Å². The SMILES string of the molecule is CCCCCCCC/C=C\CCCCCCCC(=O)OS(=O)(=O)CCN.[K]. The van der Waals surface area contributed by atoms with Crippen LogP contribution in [-0.4, -0.2) is 78.1 Å². The van der Waals surface area contributed by atoms with Crippen molar-refractivity contribution in [2.75, 3.05) is 12.3 Å². The molecular weight excluding hydrogens is 389 g/mol. The van der Waals surface area contributed by atoms with Crippen molar-refractivity contribution in [3.8, 4) is 0 Å². The molecule has 0 aliphatic heterocycles.